The van der Waals surface area contributed by atoms with Gasteiger partial charge in [-0.1, -0.05) is 38.8 Å². The number of benzene rings is 1. The average molecular weight is 322 g/mol. The van der Waals surface area contributed by atoms with Gasteiger partial charge in [-0.3, -0.25) is 4.79 Å². The van der Waals surface area contributed by atoms with Crippen LogP contribution in [0.2, 0.25) is 0 Å². The molecule has 0 aliphatic rings. The fourth-order valence-corrected chi connectivity index (χ4v) is 2.62. The molecule has 0 saturated carbocycles. The molecule has 23 heavy (non-hydrogen) atoms. The summed E-state index contributed by atoms with van der Waals surface area (Å²) in [6, 6.07) is 4.35. The van der Waals surface area contributed by atoms with Crippen LogP contribution in [0.1, 0.15) is 52.0 Å². The third kappa shape index (κ3) is 4.48. The highest BCUT2D eigenvalue weighted by atomic mass is 16.6. The molecule has 1 aromatic carbocycles. The third-order valence-corrected chi connectivity index (χ3v) is 4.06. The molecule has 128 valence electrons. The maximum Gasteiger partial charge on any atom is 0.319 e. The van der Waals surface area contributed by atoms with E-state index in [0.717, 1.165) is 12.8 Å². The zero-order chi connectivity index (χ0) is 17.5. The van der Waals surface area contributed by atoms with E-state index in [0.29, 0.717) is 18.4 Å². The number of aromatic hydroxyl groups is 2. The molecule has 0 fully saturated rings. The Bertz CT molecular complexity index is 552. The number of ether oxygens (including phenoxy) is 1. The topological polar surface area (TPSA) is 87.0 Å². The quantitative estimate of drug-likeness (QED) is 0.296. The minimum absolute atomic E-state index is 0.239. The highest BCUT2D eigenvalue weighted by molar-refractivity contribution is 5.83. The van der Waals surface area contributed by atoms with E-state index in [1.807, 2.05) is 13.8 Å². The first-order chi connectivity index (χ1) is 10.9. The van der Waals surface area contributed by atoms with Gasteiger partial charge in [-0.05, 0) is 43.5 Å². The molecule has 0 aliphatic heterocycles. The molecule has 1 rings (SSSR count). The van der Waals surface area contributed by atoms with Gasteiger partial charge in [0.05, 0.1) is 5.41 Å². The number of aliphatic hydroxyl groups is 1. The van der Waals surface area contributed by atoms with Crippen LogP contribution in [0.5, 0.6) is 11.5 Å². The van der Waals surface area contributed by atoms with E-state index in [2.05, 4.69) is 0 Å². The van der Waals surface area contributed by atoms with Gasteiger partial charge in [-0.2, -0.15) is 0 Å². The maximum absolute atomic E-state index is 12.7. The van der Waals surface area contributed by atoms with Crippen LogP contribution < -0.4 is 0 Å². The van der Waals surface area contributed by atoms with Crippen molar-refractivity contribution in [1.29, 1.82) is 0 Å². The molecule has 5 nitrogen and oxygen atoms in total. The highest BCUT2D eigenvalue weighted by Crippen LogP contribution is 2.39. The Morgan fingerprint density at radius 2 is 2.00 bits per heavy atom. The summed E-state index contributed by atoms with van der Waals surface area (Å²) in [6.07, 6.45) is 4.37. The van der Waals surface area contributed by atoms with Crippen LogP contribution >= 0.6 is 0 Å². The van der Waals surface area contributed by atoms with E-state index in [4.69, 9.17) is 4.74 Å². The van der Waals surface area contributed by atoms with Gasteiger partial charge < -0.3 is 20.1 Å². The van der Waals surface area contributed by atoms with Crippen LogP contribution in [-0.2, 0) is 14.9 Å². The van der Waals surface area contributed by atoms with Crippen molar-refractivity contribution in [2.75, 3.05) is 0 Å². The number of rotatable bonds is 8. The van der Waals surface area contributed by atoms with Gasteiger partial charge in [0, 0.05) is 0 Å². The van der Waals surface area contributed by atoms with Crippen LogP contribution in [0, 0.1) is 0 Å². The minimum Gasteiger partial charge on any atom is -0.504 e. The van der Waals surface area contributed by atoms with E-state index in [9.17, 15) is 20.1 Å². The molecule has 0 aromatic heterocycles. The number of carbonyl (C=O) groups is 1. The molecular weight excluding hydrogens is 296 g/mol. The Morgan fingerprint density at radius 3 is 2.52 bits per heavy atom. The fourth-order valence-electron chi connectivity index (χ4n) is 2.62. The summed E-state index contributed by atoms with van der Waals surface area (Å²) in [6.45, 7) is 5.61. The first-order valence-electron chi connectivity index (χ1n) is 7.95. The molecular formula is C18H26O5. The maximum atomic E-state index is 12.7. The lowest BCUT2D eigenvalue weighted by Crippen LogP contribution is -2.39. The lowest BCUT2D eigenvalue weighted by atomic mass is 9.74. The summed E-state index contributed by atoms with van der Waals surface area (Å²) in [5.74, 6) is -1.06. The normalized spacial score (nSPS) is 15.3. The van der Waals surface area contributed by atoms with Crippen LogP contribution in [-0.4, -0.2) is 27.6 Å². The first-order valence-corrected chi connectivity index (χ1v) is 7.95. The Hall–Kier alpha value is -2.01. The first kappa shape index (κ1) is 19.0. The van der Waals surface area contributed by atoms with E-state index in [1.54, 1.807) is 19.1 Å². The molecule has 5 heteroatoms. The molecule has 0 saturated heterocycles. The zero-order valence-electron chi connectivity index (χ0n) is 14.0. The number of unbranched alkanes of at least 4 members (excludes halogenated alkanes) is 1. The molecule has 2 atom stereocenters. The number of aliphatic hydroxyl groups excluding tert-OH is 1. The van der Waals surface area contributed by atoms with Crippen molar-refractivity contribution in [2.24, 2.45) is 0 Å². The van der Waals surface area contributed by atoms with Crippen molar-refractivity contribution < 1.29 is 24.9 Å². The second kappa shape index (κ2) is 8.58. The van der Waals surface area contributed by atoms with Crippen molar-refractivity contribution >= 4 is 5.97 Å². The predicted octanol–water partition coefficient (Wildman–Crippen LogP) is 3.37. The summed E-state index contributed by atoms with van der Waals surface area (Å²) >= 11 is 0. The fraction of sp³-hybridized carbons (Fsp3) is 0.500. The van der Waals surface area contributed by atoms with Gasteiger partial charge in [-0.25, -0.2) is 0 Å². The van der Waals surface area contributed by atoms with Crippen molar-refractivity contribution in [3.63, 3.8) is 0 Å². The second-order valence-electron chi connectivity index (χ2n) is 5.56. The molecule has 3 N–H and O–H groups in total. The van der Waals surface area contributed by atoms with Gasteiger partial charge >= 0.3 is 5.97 Å². The smallest absolute Gasteiger partial charge is 0.319 e. The van der Waals surface area contributed by atoms with Crippen molar-refractivity contribution in [1.82, 2.24) is 0 Å². The zero-order valence-corrected chi connectivity index (χ0v) is 14.0. The van der Waals surface area contributed by atoms with Gasteiger partial charge in [0.1, 0.15) is 0 Å². The van der Waals surface area contributed by atoms with Gasteiger partial charge in [0.2, 0.25) is 6.29 Å². The van der Waals surface area contributed by atoms with Crippen LogP contribution in [0.15, 0.2) is 30.4 Å². The van der Waals surface area contributed by atoms with Crippen molar-refractivity contribution in [3.05, 3.63) is 35.9 Å². The molecule has 0 bridgehead atoms. The van der Waals surface area contributed by atoms with Crippen LogP contribution in [0.4, 0.5) is 0 Å². The molecule has 2 unspecified atom stereocenters. The molecule has 0 amide bonds. The Labute approximate surface area is 137 Å². The number of allylic oxidation sites excluding steroid dienone is 1. The van der Waals surface area contributed by atoms with Crippen molar-refractivity contribution in [2.45, 2.75) is 58.2 Å². The largest absolute Gasteiger partial charge is 0.504 e. The predicted molar refractivity (Wildman–Crippen MR) is 88.2 cm³/mol. The Morgan fingerprint density at radius 1 is 1.30 bits per heavy atom. The number of phenols is 2. The molecule has 0 radical (unpaired) electrons. The third-order valence-electron chi connectivity index (χ3n) is 4.06. The summed E-state index contributed by atoms with van der Waals surface area (Å²) < 4.78 is 5.15. The number of carbonyl (C=O) groups excluding carboxylic acids is 1. The lowest BCUT2D eigenvalue weighted by molar-refractivity contribution is -0.168. The number of phenolic OH excluding ortho intramolecular Hbond substituents is 2. The molecule has 0 spiro atoms. The highest BCUT2D eigenvalue weighted by Gasteiger charge is 2.40. The standard InChI is InChI=1S/C18H26O5/c1-4-7-11-18(6-3,17(22)23-16(21)8-5-2)13-9-10-14(19)15(20)12-13/h5,8-10,12,16,19-21H,4,6-7,11H2,1-3H3. The van der Waals surface area contributed by atoms with E-state index in [-0.39, 0.29) is 11.5 Å². The van der Waals surface area contributed by atoms with Gasteiger partial charge in [0.25, 0.3) is 0 Å². The lowest BCUT2D eigenvalue weighted by Gasteiger charge is -2.32. The summed E-state index contributed by atoms with van der Waals surface area (Å²) in [5.41, 5.74) is -0.398. The number of hydrogen-bond acceptors (Lipinski definition) is 5. The monoisotopic (exact) mass is 322 g/mol. The second-order valence-corrected chi connectivity index (χ2v) is 5.56. The van der Waals surface area contributed by atoms with Gasteiger partial charge in [-0.15, -0.1) is 0 Å². The van der Waals surface area contributed by atoms with Crippen molar-refractivity contribution in [3.8, 4) is 11.5 Å². The SMILES string of the molecule is CC=CC(O)OC(=O)C(CC)(CCCC)c1ccc(O)c(O)c1. The van der Waals surface area contributed by atoms with E-state index >= 15 is 0 Å². The summed E-state index contributed by atoms with van der Waals surface area (Å²) in [7, 11) is 0. The Kier molecular flexibility index (Phi) is 7.10. The van der Waals surface area contributed by atoms with Crippen LogP contribution in [0.3, 0.4) is 0 Å². The van der Waals surface area contributed by atoms with Crippen LogP contribution in [0.25, 0.3) is 0 Å². The minimum atomic E-state index is -1.30. The van der Waals surface area contributed by atoms with Gasteiger partial charge in [0.15, 0.2) is 11.5 Å². The molecule has 0 aliphatic carbocycles. The molecule has 1 aromatic rings. The number of hydrogen-bond donors (Lipinski definition) is 3. The molecule has 0 heterocycles. The number of esters is 1. The summed E-state index contributed by atoms with van der Waals surface area (Å²) in [4.78, 5) is 12.7. The average Bonchev–Trinajstić information content (AvgIpc) is 2.51. The Balaban J connectivity index is 3.24. The van der Waals surface area contributed by atoms with E-state index < -0.39 is 17.7 Å². The summed E-state index contributed by atoms with van der Waals surface area (Å²) in [5, 5.41) is 29.0. The van der Waals surface area contributed by atoms with E-state index in [1.165, 1.54) is 18.2 Å².